The molecule has 0 amide bonds. The molecule has 0 unspecified atom stereocenters. The van der Waals surface area contributed by atoms with Crippen LogP contribution in [0.1, 0.15) is 27.2 Å². The van der Waals surface area contributed by atoms with Crippen LogP contribution in [0.2, 0.25) is 0 Å². The second-order valence-corrected chi connectivity index (χ2v) is 9.79. The number of carbonyl (C=O) groups excluding carboxylic acids is 2. The Kier molecular flexibility index (Phi) is 3.56. The molecule has 4 fully saturated rings. The van der Waals surface area contributed by atoms with E-state index in [0.29, 0.717) is 5.57 Å². The first-order chi connectivity index (χ1) is 13.4. The zero-order valence-corrected chi connectivity index (χ0v) is 16.4. The molecule has 2 heterocycles. The summed E-state index contributed by atoms with van der Waals surface area (Å²) < 4.78 is 11.2. The number of carbonyl (C=O) groups is 2. The molecule has 1 spiro atoms. The third-order valence-corrected chi connectivity index (χ3v) is 8.77. The number of ketones is 1. The second-order valence-electron chi connectivity index (χ2n) is 9.79. The third kappa shape index (κ3) is 1.77. The predicted molar refractivity (Wildman–Crippen MR) is 93.8 cm³/mol. The van der Waals surface area contributed by atoms with Crippen molar-refractivity contribution in [3.05, 3.63) is 11.6 Å². The number of aliphatic hydroxyl groups excluding tert-OH is 3. The highest BCUT2D eigenvalue weighted by molar-refractivity contribution is 5.96. The van der Waals surface area contributed by atoms with Gasteiger partial charge in [-0.1, -0.05) is 19.4 Å². The van der Waals surface area contributed by atoms with E-state index in [1.807, 2.05) is 0 Å². The monoisotopic (exact) mass is 410 g/mol. The van der Waals surface area contributed by atoms with Gasteiger partial charge in [0.2, 0.25) is 0 Å². The van der Waals surface area contributed by atoms with E-state index in [1.165, 1.54) is 13.0 Å². The van der Waals surface area contributed by atoms with E-state index in [4.69, 9.17) is 9.47 Å². The second kappa shape index (κ2) is 5.27. The van der Waals surface area contributed by atoms with Crippen molar-refractivity contribution >= 4 is 11.8 Å². The van der Waals surface area contributed by atoms with Gasteiger partial charge in [0.05, 0.1) is 30.1 Å². The lowest BCUT2D eigenvalue weighted by molar-refractivity contribution is -0.373. The highest BCUT2D eigenvalue weighted by Crippen LogP contribution is 2.74. The van der Waals surface area contributed by atoms with Crippen molar-refractivity contribution < 1.29 is 44.6 Å². The molecule has 0 aromatic rings. The lowest BCUT2D eigenvalue weighted by Gasteiger charge is -2.70. The molecule has 0 aromatic heterocycles. The standard InChI is InChI=1S/C20H26O9/c1-7-4-9(21)14(25)17(3)11(7)12(23)15-18-6-28-20(27,16(17)18)13(24)8(2)19(18,26)5-10(22)29-15/h4,8,11-16,23-27H,5-6H2,1-3H3/t8-,11+,12+,13+,14+,15+,16+,17+,18+,19+,20+/m0/s1. The van der Waals surface area contributed by atoms with E-state index in [0.717, 1.165) is 0 Å². The molecule has 29 heavy (non-hydrogen) atoms. The first-order valence-electron chi connectivity index (χ1n) is 9.91. The minimum Gasteiger partial charge on any atom is -0.459 e. The van der Waals surface area contributed by atoms with Crippen LogP contribution in [0.3, 0.4) is 0 Å². The molecule has 11 atom stereocenters. The minimum absolute atomic E-state index is 0.299. The molecule has 2 saturated carbocycles. The molecule has 2 aliphatic heterocycles. The van der Waals surface area contributed by atoms with Crippen LogP contribution in [0, 0.1) is 28.6 Å². The Morgan fingerprint density at radius 2 is 1.83 bits per heavy atom. The van der Waals surface area contributed by atoms with Crippen molar-refractivity contribution in [2.75, 3.05) is 6.61 Å². The van der Waals surface area contributed by atoms with E-state index in [1.54, 1.807) is 13.8 Å². The summed E-state index contributed by atoms with van der Waals surface area (Å²) in [6.45, 7) is 4.39. The Morgan fingerprint density at radius 1 is 1.17 bits per heavy atom. The number of fused-ring (bicyclic) bond motifs is 1. The van der Waals surface area contributed by atoms with E-state index in [2.05, 4.69) is 0 Å². The Balaban J connectivity index is 1.86. The Labute approximate surface area is 166 Å². The van der Waals surface area contributed by atoms with Gasteiger partial charge in [0.15, 0.2) is 11.6 Å². The van der Waals surface area contributed by atoms with E-state index >= 15 is 0 Å². The van der Waals surface area contributed by atoms with Crippen LogP contribution in [-0.4, -0.2) is 79.7 Å². The number of rotatable bonds is 0. The van der Waals surface area contributed by atoms with Crippen molar-refractivity contribution in [2.24, 2.45) is 28.6 Å². The van der Waals surface area contributed by atoms with E-state index in [-0.39, 0.29) is 6.61 Å². The van der Waals surface area contributed by atoms with Gasteiger partial charge in [0.25, 0.3) is 0 Å². The summed E-state index contributed by atoms with van der Waals surface area (Å²) in [5.74, 6) is -6.53. The van der Waals surface area contributed by atoms with Crippen molar-refractivity contribution in [3.8, 4) is 0 Å². The lowest BCUT2D eigenvalue weighted by Crippen LogP contribution is -2.83. The van der Waals surface area contributed by atoms with Crippen LogP contribution in [0.15, 0.2) is 11.6 Å². The summed E-state index contributed by atoms with van der Waals surface area (Å²) in [6, 6.07) is 0. The van der Waals surface area contributed by atoms with Gasteiger partial charge in [-0.05, 0) is 13.0 Å². The maximum Gasteiger partial charge on any atom is 0.309 e. The predicted octanol–water partition coefficient (Wildman–Crippen LogP) is -1.75. The Bertz CT molecular complexity index is 855. The molecule has 2 bridgehead atoms. The number of aliphatic hydroxyl groups is 5. The fourth-order valence-electron chi connectivity index (χ4n) is 7.66. The smallest absolute Gasteiger partial charge is 0.309 e. The topological polar surface area (TPSA) is 154 Å². The highest BCUT2D eigenvalue weighted by atomic mass is 16.7. The maximum absolute atomic E-state index is 12.6. The van der Waals surface area contributed by atoms with Crippen LogP contribution in [0.5, 0.6) is 0 Å². The number of hydrogen-bond acceptors (Lipinski definition) is 9. The number of esters is 1. The average molecular weight is 410 g/mol. The normalized spacial score (nSPS) is 60.8. The largest absolute Gasteiger partial charge is 0.459 e. The molecule has 2 saturated heterocycles. The molecule has 9 nitrogen and oxygen atoms in total. The molecular formula is C20H26O9. The zero-order valence-electron chi connectivity index (χ0n) is 16.4. The first kappa shape index (κ1) is 19.6. The van der Waals surface area contributed by atoms with Gasteiger partial charge in [0, 0.05) is 23.2 Å². The van der Waals surface area contributed by atoms with E-state index in [9.17, 15) is 35.1 Å². The molecule has 0 radical (unpaired) electrons. The van der Waals surface area contributed by atoms with Crippen LogP contribution in [-0.2, 0) is 19.1 Å². The summed E-state index contributed by atoms with van der Waals surface area (Å²) in [5, 5.41) is 56.6. The summed E-state index contributed by atoms with van der Waals surface area (Å²) in [6.07, 6.45) is -4.98. The molecule has 3 aliphatic carbocycles. The first-order valence-corrected chi connectivity index (χ1v) is 9.91. The molecule has 5 rings (SSSR count). The third-order valence-electron chi connectivity index (χ3n) is 8.77. The molecule has 0 aromatic carbocycles. The van der Waals surface area contributed by atoms with Crippen molar-refractivity contribution in [1.82, 2.24) is 0 Å². The Morgan fingerprint density at radius 3 is 2.48 bits per heavy atom. The summed E-state index contributed by atoms with van der Waals surface area (Å²) in [7, 11) is 0. The van der Waals surface area contributed by atoms with Crippen LogP contribution >= 0.6 is 0 Å². The fourth-order valence-corrected chi connectivity index (χ4v) is 7.66. The quantitative estimate of drug-likeness (QED) is 0.293. The van der Waals surface area contributed by atoms with Gasteiger partial charge in [-0.3, -0.25) is 9.59 Å². The maximum atomic E-state index is 12.6. The molecule has 5 N–H and O–H groups in total. The molecular weight excluding hydrogens is 384 g/mol. The number of hydrogen-bond donors (Lipinski definition) is 5. The van der Waals surface area contributed by atoms with Gasteiger partial charge in [-0.2, -0.15) is 0 Å². The Hall–Kier alpha value is -1.36. The van der Waals surface area contributed by atoms with Crippen LogP contribution in [0.25, 0.3) is 0 Å². The number of ether oxygens (including phenoxy) is 2. The van der Waals surface area contributed by atoms with Gasteiger partial charge in [0.1, 0.15) is 18.3 Å². The van der Waals surface area contributed by atoms with Crippen LogP contribution in [0.4, 0.5) is 0 Å². The van der Waals surface area contributed by atoms with Crippen molar-refractivity contribution in [1.29, 1.82) is 0 Å². The minimum atomic E-state index is -2.19. The average Bonchev–Trinajstić information content (AvgIpc) is 2.94. The van der Waals surface area contributed by atoms with E-state index < -0.39 is 82.6 Å². The summed E-state index contributed by atoms with van der Waals surface area (Å²) >= 11 is 0. The van der Waals surface area contributed by atoms with Gasteiger partial charge >= 0.3 is 5.97 Å². The summed E-state index contributed by atoms with van der Waals surface area (Å²) in [5.41, 5.74) is -4.38. The fraction of sp³-hybridized carbons (Fsp3) is 0.800. The molecule has 9 heteroatoms. The molecule has 160 valence electrons. The zero-order chi connectivity index (χ0) is 21.3. The van der Waals surface area contributed by atoms with Gasteiger partial charge in [-0.15, -0.1) is 0 Å². The SMILES string of the molecule is CC1=CC(=O)[C@@H](O)[C@@]2(C)[C@H]1[C@@H](O)[C@H]1OC(=O)C[C@@]3(O)[C@@H](C)[C@@H](O)[C@@]4(O)OC[C@]13[C@H]42. The van der Waals surface area contributed by atoms with Gasteiger partial charge < -0.3 is 35.0 Å². The van der Waals surface area contributed by atoms with Crippen molar-refractivity contribution in [2.45, 2.75) is 63.0 Å². The summed E-state index contributed by atoms with van der Waals surface area (Å²) in [4.78, 5) is 25.0. The highest BCUT2D eigenvalue weighted by Gasteiger charge is 2.87. The molecule has 5 aliphatic rings. The van der Waals surface area contributed by atoms with Gasteiger partial charge in [-0.25, -0.2) is 0 Å². The van der Waals surface area contributed by atoms with Crippen molar-refractivity contribution in [3.63, 3.8) is 0 Å². The van der Waals surface area contributed by atoms with Crippen LogP contribution < -0.4 is 0 Å². The lowest BCUT2D eigenvalue weighted by atomic mass is 9.36.